The monoisotopic (exact) mass is 259 g/mol. The number of rotatable bonds is 5. The molecule has 2 aromatic rings. The second kappa shape index (κ2) is 6.10. The second-order valence-corrected chi connectivity index (χ2v) is 4.37. The first-order valence-corrected chi connectivity index (χ1v) is 6.08. The highest BCUT2D eigenvalue weighted by Crippen LogP contribution is 2.05. The van der Waals surface area contributed by atoms with E-state index in [0.717, 1.165) is 5.56 Å². The fourth-order valence-electron chi connectivity index (χ4n) is 1.64. The Kier molecular flexibility index (Phi) is 4.25. The van der Waals surface area contributed by atoms with Crippen LogP contribution in [0.25, 0.3) is 0 Å². The van der Waals surface area contributed by atoms with Crippen LogP contribution in [0.5, 0.6) is 0 Å². The van der Waals surface area contributed by atoms with E-state index in [2.05, 4.69) is 46.8 Å². The molecule has 6 heteroatoms. The zero-order valence-corrected chi connectivity index (χ0v) is 10.8. The highest BCUT2D eigenvalue weighted by atomic mass is 16.1. The zero-order chi connectivity index (χ0) is 13.7. The van der Waals surface area contributed by atoms with Gasteiger partial charge in [0.1, 0.15) is 5.69 Å². The third kappa shape index (κ3) is 3.89. The van der Waals surface area contributed by atoms with Crippen LogP contribution >= 0.6 is 0 Å². The fourth-order valence-corrected chi connectivity index (χ4v) is 1.64. The van der Waals surface area contributed by atoms with E-state index in [1.165, 1.54) is 5.56 Å². The molecular weight excluding hydrogens is 242 g/mol. The van der Waals surface area contributed by atoms with Crippen molar-refractivity contribution in [3.8, 4) is 0 Å². The van der Waals surface area contributed by atoms with Crippen molar-refractivity contribution < 1.29 is 4.79 Å². The average molecular weight is 259 g/mol. The van der Waals surface area contributed by atoms with Gasteiger partial charge in [-0.1, -0.05) is 35.0 Å². The number of amides is 1. The molecule has 6 nitrogen and oxygen atoms in total. The first-order chi connectivity index (χ1) is 9.17. The van der Waals surface area contributed by atoms with Crippen molar-refractivity contribution in [2.24, 2.45) is 5.73 Å². The van der Waals surface area contributed by atoms with E-state index < -0.39 is 0 Å². The van der Waals surface area contributed by atoms with E-state index in [-0.39, 0.29) is 12.5 Å². The van der Waals surface area contributed by atoms with E-state index in [1.807, 2.05) is 6.20 Å². The lowest BCUT2D eigenvalue weighted by Crippen LogP contribution is -2.29. The minimum atomic E-state index is -0.201. The maximum Gasteiger partial charge on any atom is 0.234 e. The summed E-state index contributed by atoms with van der Waals surface area (Å²) in [6.07, 6.45) is 1.82. The van der Waals surface area contributed by atoms with E-state index in [1.54, 1.807) is 4.68 Å². The Morgan fingerprint density at radius 3 is 2.79 bits per heavy atom. The third-order valence-electron chi connectivity index (χ3n) is 2.70. The first kappa shape index (κ1) is 13.2. The van der Waals surface area contributed by atoms with Crippen molar-refractivity contribution in [2.75, 3.05) is 6.54 Å². The van der Waals surface area contributed by atoms with Gasteiger partial charge in [0.2, 0.25) is 5.91 Å². The van der Waals surface area contributed by atoms with Crippen LogP contribution in [0.1, 0.15) is 16.8 Å². The van der Waals surface area contributed by atoms with Gasteiger partial charge in [-0.15, -0.1) is 5.10 Å². The second-order valence-electron chi connectivity index (χ2n) is 4.37. The minimum Gasteiger partial charge on any atom is -0.349 e. The summed E-state index contributed by atoms with van der Waals surface area (Å²) in [5.74, 6) is -0.201. The Hall–Kier alpha value is -2.21. The summed E-state index contributed by atoms with van der Waals surface area (Å²) in [5.41, 5.74) is 8.31. The molecule has 1 heterocycles. The number of hydrogen-bond acceptors (Lipinski definition) is 4. The smallest absolute Gasteiger partial charge is 0.234 e. The Balaban J connectivity index is 1.93. The van der Waals surface area contributed by atoms with Gasteiger partial charge in [0, 0.05) is 0 Å². The number of nitrogens with zero attached hydrogens (tertiary/aromatic N) is 3. The summed E-state index contributed by atoms with van der Waals surface area (Å²) >= 11 is 0. The Morgan fingerprint density at radius 1 is 1.37 bits per heavy atom. The van der Waals surface area contributed by atoms with Crippen LogP contribution in [-0.4, -0.2) is 27.4 Å². The van der Waals surface area contributed by atoms with E-state index >= 15 is 0 Å². The average Bonchev–Trinajstić information content (AvgIpc) is 2.86. The van der Waals surface area contributed by atoms with Crippen molar-refractivity contribution in [3.63, 3.8) is 0 Å². The van der Waals surface area contributed by atoms with Gasteiger partial charge in [0.25, 0.3) is 0 Å². The lowest BCUT2D eigenvalue weighted by molar-refractivity contribution is -0.119. The quantitative estimate of drug-likeness (QED) is 0.803. The molecule has 1 amide bonds. The third-order valence-corrected chi connectivity index (χ3v) is 2.70. The molecule has 0 aliphatic rings. The van der Waals surface area contributed by atoms with Crippen LogP contribution in [0.15, 0.2) is 30.5 Å². The van der Waals surface area contributed by atoms with Crippen LogP contribution in [0.3, 0.4) is 0 Å². The number of benzene rings is 1. The predicted molar refractivity (Wildman–Crippen MR) is 71.2 cm³/mol. The molecule has 0 saturated heterocycles. The zero-order valence-electron chi connectivity index (χ0n) is 10.8. The fraction of sp³-hybridized carbons (Fsp3) is 0.308. The number of nitrogens with two attached hydrogens (primary N) is 1. The van der Waals surface area contributed by atoms with Crippen molar-refractivity contribution in [1.82, 2.24) is 20.3 Å². The van der Waals surface area contributed by atoms with Crippen molar-refractivity contribution >= 4 is 5.91 Å². The van der Waals surface area contributed by atoms with Gasteiger partial charge in [-0.05, 0) is 12.5 Å². The predicted octanol–water partition coefficient (Wildman–Crippen LogP) is 0.210. The van der Waals surface area contributed by atoms with Crippen LogP contribution in [-0.2, 0) is 17.9 Å². The summed E-state index contributed by atoms with van der Waals surface area (Å²) in [7, 11) is 0. The minimum absolute atomic E-state index is 0.0164. The molecule has 2 rings (SSSR count). The van der Waals surface area contributed by atoms with Crippen LogP contribution in [0, 0.1) is 6.92 Å². The summed E-state index contributed by atoms with van der Waals surface area (Å²) in [4.78, 5) is 11.0. The largest absolute Gasteiger partial charge is 0.349 e. The summed E-state index contributed by atoms with van der Waals surface area (Å²) < 4.78 is 1.74. The summed E-state index contributed by atoms with van der Waals surface area (Å²) in [6.45, 7) is 3.05. The molecule has 0 saturated carbocycles. The highest BCUT2D eigenvalue weighted by molar-refractivity contribution is 5.77. The van der Waals surface area contributed by atoms with E-state index in [9.17, 15) is 4.79 Å². The highest BCUT2D eigenvalue weighted by Gasteiger charge is 2.03. The van der Waals surface area contributed by atoms with Gasteiger partial charge in [-0.25, -0.2) is 4.68 Å². The van der Waals surface area contributed by atoms with Gasteiger partial charge in [-0.2, -0.15) is 0 Å². The number of hydrogen-bond donors (Lipinski definition) is 2. The number of aromatic nitrogens is 3. The standard InChI is InChI=1S/C13H17N5O/c1-10-2-4-11(5-3-10)8-18-9-12(16-17-18)7-15-13(19)6-14/h2-5,9H,6-8,14H2,1H3,(H,15,19). The number of carbonyl (C=O) groups excluding carboxylic acids is 1. The molecule has 0 unspecified atom stereocenters. The van der Waals surface area contributed by atoms with E-state index in [0.29, 0.717) is 18.8 Å². The molecule has 0 bridgehead atoms. The Labute approximate surface area is 111 Å². The van der Waals surface area contributed by atoms with Crippen LogP contribution in [0.2, 0.25) is 0 Å². The molecule has 1 aromatic heterocycles. The van der Waals surface area contributed by atoms with E-state index in [4.69, 9.17) is 5.73 Å². The molecule has 0 fully saturated rings. The van der Waals surface area contributed by atoms with Gasteiger partial charge < -0.3 is 11.1 Å². The maximum absolute atomic E-state index is 11.0. The van der Waals surface area contributed by atoms with Crippen molar-refractivity contribution in [2.45, 2.75) is 20.0 Å². The number of carbonyl (C=O) groups is 1. The normalized spacial score (nSPS) is 10.4. The molecule has 1 aromatic carbocycles. The molecule has 0 aliphatic heterocycles. The summed E-state index contributed by atoms with van der Waals surface area (Å²) in [6, 6.07) is 8.25. The van der Waals surface area contributed by atoms with Gasteiger partial charge in [0.15, 0.2) is 0 Å². The Morgan fingerprint density at radius 2 is 2.11 bits per heavy atom. The van der Waals surface area contributed by atoms with Gasteiger partial charge in [-0.3, -0.25) is 4.79 Å². The molecule has 0 aliphatic carbocycles. The Bertz CT molecular complexity index is 546. The van der Waals surface area contributed by atoms with Crippen LogP contribution in [0.4, 0.5) is 0 Å². The molecule has 19 heavy (non-hydrogen) atoms. The molecule has 3 N–H and O–H groups in total. The van der Waals surface area contributed by atoms with Crippen molar-refractivity contribution in [3.05, 3.63) is 47.3 Å². The first-order valence-electron chi connectivity index (χ1n) is 6.08. The van der Waals surface area contributed by atoms with Crippen molar-refractivity contribution in [1.29, 1.82) is 0 Å². The van der Waals surface area contributed by atoms with Crippen LogP contribution < -0.4 is 11.1 Å². The molecule has 0 atom stereocenters. The molecule has 0 spiro atoms. The van der Waals surface area contributed by atoms with Gasteiger partial charge >= 0.3 is 0 Å². The number of nitrogens with one attached hydrogen (secondary N) is 1. The van der Waals surface area contributed by atoms with Gasteiger partial charge in [0.05, 0.1) is 25.8 Å². The summed E-state index contributed by atoms with van der Waals surface area (Å²) in [5, 5.41) is 10.7. The lowest BCUT2D eigenvalue weighted by Gasteiger charge is -2.01. The topological polar surface area (TPSA) is 85.8 Å². The molecular formula is C13H17N5O. The number of aryl methyl sites for hydroxylation is 1. The lowest BCUT2D eigenvalue weighted by atomic mass is 10.1. The SMILES string of the molecule is Cc1ccc(Cn2cc(CNC(=O)CN)nn2)cc1. The maximum atomic E-state index is 11.0. The molecule has 0 radical (unpaired) electrons. The molecule has 100 valence electrons.